The van der Waals surface area contributed by atoms with Crippen LogP contribution in [0.3, 0.4) is 0 Å². The number of piperidine rings is 1. The number of amides is 1. The molecule has 116 valence electrons. The SMILES string of the molecule is CC(C)NCc1cccc(SCC(=O)N2CCCCC2)c1. The van der Waals surface area contributed by atoms with E-state index in [9.17, 15) is 4.79 Å². The van der Waals surface area contributed by atoms with Gasteiger partial charge in [0.15, 0.2) is 0 Å². The Morgan fingerprint density at radius 1 is 1.29 bits per heavy atom. The van der Waals surface area contributed by atoms with Gasteiger partial charge >= 0.3 is 0 Å². The molecule has 0 radical (unpaired) electrons. The van der Waals surface area contributed by atoms with Crippen LogP contribution in [0.1, 0.15) is 38.7 Å². The van der Waals surface area contributed by atoms with Crippen molar-refractivity contribution in [3.05, 3.63) is 29.8 Å². The smallest absolute Gasteiger partial charge is 0.232 e. The maximum absolute atomic E-state index is 12.2. The minimum Gasteiger partial charge on any atom is -0.342 e. The number of rotatable bonds is 6. The Balaban J connectivity index is 1.82. The second-order valence-electron chi connectivity index (χ2n) is 5.91. The molecule has 0 unspecified atom stereocenters. The molecule has 1 N–H and O–H groups in total. The number of hydrogen-bond donors (Lipinski definition) is 1. The van der Waals surface area contributed by atoms with Gasteiger partial charge in [0.1, 0.15) is 0 Å². The average Bonchev–Trinajstić information content (AvgIpc) is 2.52. The highest BCUT2D eigenvalue weighted by molar-refractivity contribution is 8.00. The van der Waals surface area contributed by atoms with Crippen molar-refractivity contribution in [1.82, 2.24) is 10.2 Å². The van der Waals surface area contributed by atoms with Gasteiger partial charge in [0.2, 0.25) is 5.91 Å². The van der Waals surface area contributed by atoms with Gasteiger partial charge in [-0.3, -0.25) is 4.79 Å². The minimum atomic E-state index is 0.283. The molecule has 1 aromatic carbocycles. The molecule has 1 aromatic rings. The first-order chi connectivity index (χ1) is 10.1. The number of nitrogens with one attached hydrogen (secondary N) is 1. The highest BCUT2D eigenvalue weighted by Gasteiger charge is 2.16. The first-order valence-electron chi connectivity index (χ1n) is 7.88. The first-order valence-corrected chi connectivity index (χ1v) is 8.86. The fourth-order valence-corrected chi connectivity index (χ4v) is 3.33. The molecule has 2 rings (SSSR count). The quantitative estimate of drug-likeness (QED) is 0.819. The molecule has 1 aliphatic rings. The number of nitrogens with zero attached hydrogens (tertiary/aromatic N) is 1. The lowest BCUT2D eigenvalue weighted by molar-refractivity contribution is -0.129. The van der Waals surface area contributed by atoms with Crippen LogP contribution in [0.15, 0.2) is 29.2 Å². The summed E-state index contributed by atoms with van der Waals surface area (Å²) in [5.74, 6) is 0.839. The zero-order valence-corrected chi connectivity index (χ0v) is 13.9. The Hall–Kier alpha value is -1.00. The number of carbonyl (C=O) groups excluding carboxylic acids is 1. The second-order valence-corrected chi connectivity index (χ2v) is 6.96. The predicted molar refractivity (Wildman–Crippen MR) is 89.6 cm³/mol. The van der Waals surface area contributed by atoms with Crippen molar-refractivity contribution in [2.45, 2.75) is 50.6 Å². The molecule has 1 saturated heterocycles. The predicted octanol–water partition coefficient (Wildman–Crippen LogP) is 3.29. The molecule has 4 heteroatoms. The van der Waals surface area contributed by atoms with Crippen molar-refractivity contribution in [3.63, 3.8) is 0 Å². The van der Waals surface area contributed by atoms with E-state index in [0.717, 1.165) is 32.5 Å². The lowest BCUT2D eigenvalue weighted by Gasteiger charge is -2.26. The number of carbonyl (C=O) groups is 1. The van der Waals surface area contributed by atoms with E-state index in [1.165, 1.54) is 16.9 Å². The van der Waals surface area contributed by atoms with Crippen molar-refractivity contribution in [3.8, 4) is 0 Å². The number of hydrogen-bond acceptors (Lipinski definition) is 3. The molecule has 0 spiro atoms. The second kappa shape index (κ2) is 8.44. The van der Waals surface area contributed by atoms with E-state index in [4.69, 9.17) is 0 Å². The summed E-state index contributed by atoms with van der Waals surface area (Å²) in [6.45, 7) is 7.06. The van der Waals surface area contributed by atoms with Gasteiger partial charge in [-0.2, -0.15) is 0 Å². The van der Waals surface area contributed by atoms with E-state index in [2.05, 4.69) is 43.4 Å². The molecule has 0 atom stereocenters. The van der Waals surface area contributed by atoms with Gasteiger partial charge in [-0.05, 0) is 37.0 Å². The molecule has 3 nitrogen and oxygen atoms in total. The van der Waals surface area contributed by atoms with Crippen molar-refractivity contribution in [2.24, 2.45) is 0 Å². The largest absolute Gasteiger partial charge is 0.342 e. The zero-order chi connectivity index (χ0) is 15.1. The summed E-state index contributed by atoms with van der Waals surface area (Å²) in [6, 6.07) is 8.97. The average molecular weight is 306 g/mol. The van der Waals surface area contributed by atoms with Crippen LogP contribution in [0.5, 0.6) is 0 Å². The van der Waals surface area contributed by atoms with Crippen molar-refractivity contribution >= 4 is 17.7 Å². The molecule has 21 heavy (non-hydrogen) atoms. The van der Waals surface area contributed by atoms with Gasteiger partial charge in [-0.15, -0.1) is 11.8 Å². The van der Waals surface area contributed by atoms with Crippen LogP contribution in [0, 0.1) is 0 Å². The van der Waals surface area contributed by atoms with Crippen LogP contribution >= 0.6 is 11.8 Å². The third-order valence-corrected chi connectivity index (χ3v) is 4.66. The number of thioether (sulfide) groups is 1. The fraction of sp³-hybridized carbons (Fsp3) is 0.588. The van der Waals surface area contributed by atoms with Gasteiger partial charge in [-0.25, -0.2) is 0 Å². The zero-order valence-electron chi connectivity index (χ0n) is 13.1. The summed E-state index contributed by atoms with van der Waals surface area (Å²) < 4.78 is 0. The summed E-state index contributed by atoms with van der Waals surface area (Å²) >= 11 is 1.65. The number of likely N-dealkylation sites (tertiary alicyclic amines) is 1. The summed E-state index contributed by atoms with van der Waals surface area (Å²) in [7, 11) is 0. The monoisotopic (exact) mass is 306 g/mol. The first kappa shape index (κ1) is 16.4. The highest BCUT2D eigenvalue weighted by atomic mass is 32.2. The molecule has 1 fully saturated rings. The van der Waals surface area contributed by atoms with Crippen molar-refractivity contribution in [2.75, 3.05) is 18.8 Å². The lowest BCUT2D eigenvalue weighted by Crippen LogP contribution is -2.36. The minimum absolute atomic E-state index is 0.283. The van der Waals surface area contributed by atoms with E-state index in [-0.39, 0.29) is 5.91 Å². The summed E-state index contributed by atoms with van der Waals surface area (Å²) in [6.07, 6.45) is 3.58. The van der Waals surface area contributed by atoms with E-state index in [1.54, 1.807) is 11.8 Å². The Morgan fingerprint density at radius 2 is 2.05 bits per heavy atom. The third kappa shape index (κ3) is 5.71. The Bertz CT molecular complexity index is 456. The fourth-order valence-electron chi connectivity index (χ4n) is 2.45. The summed E-state index contributed by atoms with van der Waals surface area (Å²) in [5, 5.41) is 3.42. The molecule has 0 aliphatic carbocycles. The van der Waals surface area contributed by atoms with Crippen LogP contribution in [0.2, 0.25) is 0 Å². The van der Waals surface area contributed by atoms with Crippen LogP contribution in [-0.4, -0.2) is 35.7 Å². The van der Waals surface area contributed by atoms with E-state index < -0.39 is 0 Å². The number of benzene rings is 1. The standard InChI is InChI=1S/C17H26N2OS/c1-14(2)18-12-15-7-6-8-16(11-15)21-13-17(20)19-9-4-3-5-10-19/h6-8,11,14,18H,3-5,9-10,12-13H2,1-2H3. The van der Waals surface area contributed by atoms with E-state index >= 15 is 0 Å². The normalized spacial score (nSPS) is 15.5. The van der Waals surface area contributed by atoms with Crippen LogP contribution in [0.4, 0.5) is 0 Å². The maximum atomic E-state index is 12.2. The summed E-state index contributed by atoms with van der Waals surface area (Å²) in [5.41, 5.74) is 1.28. The van der Waals surface area contributed by atoms with Crippen LogP contribution in [-0.2, 0) is 11.3 Å². The van der Waals surface area contributed by atoms with Crippen LogP contribution < -0.4 is 5.32 Å². The maximum Gasteiger partial charge on any atom is 0.232 e. The lowest BCUT2D eigenvalue weighted by atomic mass is 10.1. The Kier molecular flexibility index (Phi) is 6.58. The van der Waals surface area contributed by atoms with Crippen LogP contribution in [0.25, 0.3) is 0 Å². The van der Waals surface area contributed by atoms with Gasteiger partial charge in [0, 0.05) is 30.6 Å². The molecule has 0 bridgehead atoms. The van der Waals surface area contributed by atoms with Crippen molar-refractivity contribution < 1.29 is 4.79 Å². The highest BCUT2D eigenvalue weighted by Crippen LogP contribution is 2.20. The summed E-state index contributed by atoms with van der Waals surface area (Å²) in [4.78, 5) is 15.4. The molecule has 1 amide bonds. The molecular weight excluding hydrogens is 280 g/mol. The van der Waals surface area contributed by atoms with Gasteiger partial charge in [0.05, 0.1) is 5.75 Å². The molecule has 0 saturated carbocycles. The third-order valence-electron chi connectivity index (χ3n) is 3.68. The van der Waals surface area contributed by atoms with Gasteiger partial charge in [0.25, 0.3) is 0 Å². The topological polar surface area (TPSA) is 32.3 Å². The Morgan fingerprint density at radius 3 is 2.76 bits per heavy atom. The van der Waals surface area contributed by atoms with E-state index in [1.807, 2.05) is 4.90 Å². The molecular formula is C17H26N2OS. The van der Waals surface area contributed by atoms with Crippen molar-refractivity contribution in [1.29, 1.82) is 0 Å². The van der Waals surface area contributed by atoms with E-state index in [0.29, 0.717) is 11.8 Å². The molecule has 0 aromatic heterocycles. The Labute approximate surface area is 132 Å². The van der Waals surface area contributed by atoms with Gasteiger partial charge in [-0.1, -0.05) is 26.0 Å². The molecule has 1 aliphatic heterocycles. The van der Waals surface area contributed by atoms with Gasteiger partial charge < -0.3 is 10.2 Å². The molecule has 1 heterocycles.